The van der Waals surface area contributed by atoms with E-state index < -0.39 is 5.85 Å². The van der Waals surface area contributed by atoms with Crippen molar-refractivity contribution < 1.29 is 4.74 Å². The first-order chi connectivity index (χ1) is 3.19. The molecule has 2 atom stereocenters. The molecule has 42 valence electrons. The number of rotatable bonds is 1. The summed E-state index contributed by atoms with van der Waals surface area (Å²) in [6, 6.07) is 0. The highest BCUT2D eigenvalue weighted by atomic mass is 127. The van der Waals surface area contributed by atoms with Crippen LogP contribution in [-0.2, 0) is 4.74 Å². The summed E-state index contributed by atoms with van der Waals surface area (Å²) in [6.07, 6.45) is 0. The van der Waals surface area contributed by atoms with Gasteiger partial charge in [0.1, 0.15) is 0 Å². The van der Waals surface area contributed by atoms with Crippen LogP contribution in [0.1, 0.15) is 0 Å². The van der Waals surface area contributed by atoms with E-state index in [-0.39, 0.29) is 4.11 Å². The maximum Gasteiger partial charge on any atom is 0.210 e. The van der Waals surface area contributed by atoms with Gasteiger partial charge in [-0.2, -0.15) is 0 Å². The predicted molar refractivity (Wildman–Crippen MR) is 34.9 cm³/mol. The molecular formula is C3H7IN2O. The van der Waals surface area contributed by atoms with Gasteiger partial charge in [-0.1, -0.05) is 0 Å². The highest BCUT2D eigenvalue weighted by Crippen LogP contribution is 2.32. The lowest BCUT2D eigenvalue weighted by atomic mass is 10.6. The van der Waals surface area contributed by atoms with Crippen LogP contribution in [0.25, 0.3) is 0 Å². The van der Waals surface area contributed by atoms with E-state index in [0.29, 0.717) is 0 Å². The third-order valence-corrected chi connectivity index (χ3v) is 2.15. The summed E-state index contributed by atoms with van der Waals surface area (Å²) in [6.45, 7) is 0. The fourth-order valence-electron chi connectivity index (χ4n) is 0.310. The van der Waals surface area contributed by atoms with E-state index in [1.165, 1.54) is 0 Å². The number of hydrogen-bond acceptors (Lipinski definition) is 3. The number of nitrogens with one attached hydrogen (secondary N) is 1. The molecule has 1 rings (SSSR count). The number of hydrogen-bond donors (Lipinski definition) is 2. The topological polar surface area (TPSA) is 50.6 Å². The molecule has 1 fully saturated rings. The molecule has 7 heavy (non-hydrogen) atoms. The van der Waals surface area contributed by atoms with Gasteiger partial charge in [-0.25, -0.2) is 0 Å². The molecule has 1 heterocycles. The number of ether oxygens (including phenoxy) is 1. The lowest BCUT2D eigenvalue weighted by Gasteiger charge is -1.98. The molecule has 0 aromatic rings. The van der Waals surface area contributed by atoms with Crippen LogP contribution < -0.4 is 11.1 Å². The van der Waals surface area contributed by atoms with Gasteiger partial charge in [0, 0.05) is 0 Å². The molecule has 3 nitrogen and oxygen atoms in total. The van der Waals surface area contributed by atoms with Crippen LogP contribution in [0.5, 0.6) is 0 Å². The average Bonchev–Trinajstić information content (AvgIpc) is 2.18. The zero-order chi connectivity index (χ0) is 5.49. The maximum absolute atomic E-state index is 5.45. The van der Waals surface area contributed by atoms with Crippen molar-refractivity contribution in [3.8, 4) is 0 Å². The minimum atomic E-state index is -0.513. The van der Waals surface area contributed by atoms with Crippen molar-refractivity contribution in [2.24, 2.45) is 5.73 Å². The molecule has 0 aromatic heterocycles. The Balaban J connectivity index is 2.36. The molecule has 0 aliphatic carbocycles. The van der Waals surface area contributed by atoms with Crippen molar-refractivity contribution in [3.63, 3.8) is 0 Å². The highest BCUT2D eigenvalue weighted by Gasteiger charge is 2.50. The zero-order valence-corrected chi connectivity index (χ0v) is 6.10. The molecule has 0 radical (unpaired) electrons. The first-order valence-electron chi connectivity index (χ1n) is 1.99. The molecule has 1 saturated heterocycles. The fourth-order valence-corrected chi connectivity index (χ4v) is 1.04. The van der Waals surface area contributed by atoms with Crippen LogP contribution in [-0.4, -0.2) is 17.0 Å². The van der Waals surface area contributed by atoms with Crippen molar-refractivity contribution in [1.29, 1.82) is 0 Å². The molecule has 0 saturated carbocycles. The van der Waals surface area contributed by atoms with Crippen molar-refractivity contribution in [2.45, 2.75) is 9.96 Å². The van der Waals surface area contributed by atoms with Gasteiger partial charge in [-0.3, -0.25) is 11.1 Å². The first kappa shape index (κ1) is 5.74. The molecular weight excluding hydrogens is 207 g/mol. The van der Waals surface area contributed by atoms with E-state index in [1.807, 2.05) is 0 Å². The molecule has 0 spiro atoms. The summed E-state index contributed by atoms with van der Waals surface area (Å²) in [5.74, 6) is -0.513. The predicted octanol–water partition coefficient (Wildman–Crippen LogP) is -0.390. The second-order valence-corrected chi connectivity index (χ2v) is 2.61. The lowest BCUT2D eigenvalue weighted by molar-refractivity contribution is 0.276. The van der Waals surface area contributed by atoms with E-state index in [1.54, 1.807) is 7.05 Å². The highest BCUT2D eigenvalue weighted by molar-refractivity contribution is 14.1. The summed E-state index contributed by atoms with van der Waals surface area (Å²) in [5.41, 5.74) is 5.45. The monoisotopic (exact) mass is 214 g/mol. The minimum Gasteiger partial charge on any atom is -0.324 e. The van der Waals surface area contributed by atoms with Crippen molar-refractivity contribution in [2.75, 3.05) is 7.05 Å². The Morgan fingerprint density at radius 1 is 2.00 bits per heavy atom. The number of halogens is 1. The van der Waals surface area contributed by atoms with Crippen LogP contribution in [0.3, 0.4) is 0 Å². The number of likely N-dealkylation sites (N-methyl/N-ethyl adjacent to an activating group) is 1. The van der Waals surface area contributed by atoms with E-state index in [9.17, 15) is 0 Å². The van der Waals surface area contributed by atoms with Crippen molar-refractivity contribution in [1.82, 2.24) is 5.32 Å². The Hall–Kier alpha value is 0.610. The third kappa shape index (κ3) is 0.883. The zero-order valence-electron chi connectivity index (χ0n) is 3.94. The number of alkyl halides is 1. The molecule has 1 aliphatic rings. The molecule has 0 bridgehead atoms. The first-order valence-corrected chi connectivity index (χ1v) is 3.23. The normalized spacial score (nSPS) is 49.3. The Bertz CT molecular complexity index is 85.0. The average molecular weight is 214 g/mol. The molecule has 4 heteroatoms. The van der Waals surface area contributed by atoms with Crippen LogP contribution >= 0.6 is 22.6 Å². The van der Waals surface area contributed by atoms with Gasteiger partial charge in [0.05, 0.1) is 0 Å². The summed E-state index contributed by atoms with van der Waals surface area (Å²) < 4.78 is 5.06. The SMILES string of the molecule is CNC1(N)OC1I. The lowest BCUT2D eigenvalue weighted by Crippen LogP contribution is -2.40. The number of nitrogens with two attached hydrogens (primary N) is 1. The van der Waals surface area contributed by atoms with Crippen molar-refractivity contribution >= 4 is 22.6 Å². The summed E-state index contributed by atoms with van der Waals surface area (Å²) in [4.78, 5) is 0. The number of epoxide rings is 1. The van der Waals surface area contributed by atoms with Crippen LogP contribution in [0.4, 0.5) is 0 Å². The van der Waals surface area contributed by atoms with Gasteiger partial charge in [0.2, 0.25) is 5.85 Å². The quantitative estimate of drug-likeness (QED) is 0.270. The Morgan fingerprint density at radius 2 is 2.43 bits per heavy atom. The van der Waals surface area contributed by atoms with E-state index in [0.717, 1.165) is 0 Å². The van der Waals surface area contributed by atoms with Gasteiger partial charge < -0.3 is 4.74 Å². The van der Waals surface area contributed by atoms with Crippen LogP contribution in [0, 0.1) is 0 Å². The second kappa shape index (κ2) is 1.54. The van der Waals surface area contributed by atoms with Crippen molar-refractivity contribution in [3.05, 3.63) is 0 Å². The van der Waals surface area contributed by atoms with Gasteiger partial charge in [0.15, 0.2) is 4.11 Å². The van der Waals surface area contributed by atoms with Gasteiger partial charge in [-0.05, 0) is 29.6 Å². The van der Waals surface area contributed by atoms with Gasteiger partial charge in [-0.15, -0.1) is 0 Å². The smallest absolute Gasteiger partial charge is 0.210 e. The Labute approximate surface area is 55.7 Å². The van der Waals surface area contributed by atoms with E-state index in [4.69, 9.17) is 10.5 Å². The molecule has 2 unspecified atom stereocenters. The third-order valence-electron chi connectivity index (χ3n) is 0.969. The largest absolute Gasteiger partial charge is 0.324 e. The van der Waals surface area contributed by atoms with E-state index in [2.05, 4.69) is 27.9 Å². The molecule has 3 N–H and O–H groups in total. The Kier molecular flexibility index (Phi) is 1.27. The van der Waals surface area contributed by atoms with Crippen LogP contribution in [0.2, 0.25) is 0 Å². The molecule has 1 aliphatic heterocycles. The summed E-state index contributed by atoms with van der Waals surface area (Å²) in [5, 5.41) is 2.81. The van der Waals surface area contributed by atoms with Crippen LogP contribution in [0.15, 0.2) is 0 Å². The van der Waals surface area contributed by atoms with E-state index >= 15 is 0 Å². The second-order valence-electron chi connectivity index (χ2n) is 1.48. The summed E-state index contributed by atoms with van der Waals surface area (Å²) in [7, 11) is 1.78. The molecule has 0 amide bonds. The minimum absolute atomic E-state index is 0.148. The standard InChI is InChI=1S/C3H7IN2O/c1-6-3(5)2(4)7-3/h2,6H,5H2,1H3. The van der Waals surface area contributed by atoms with Gasteiger partial charge in [0.25, 0.3) is 0 Å². The maximum atomic E-state index is 5.45. The summed E-state index contributed by atoms with van der Waals surface area (Å²) >= 11 is 2.12. The fraction of sp³-hybridized carbons (Fsp3) is 1.00. The molecule has 0 aromatic carbocycles. The van der Waals surface area contributed by atoms with Gasteiger partial charge >= 0.3 is 0 Å². The Morgan fingerprint density at radius 3 is 2.43 bits per heavy atom.